The standard InChI is InChI=1S/C15H15ClN4O3S/c1-19(2)24(21,22)13-6-7-14-15(9-13)20(18-17-14)23-10-11-4-3-5-12(16)8-11/h3-9H,10H2,1-2H3. The Morgan fingerprint density at radius 3 is 2.71 bits per heavy atom. The Balaban J connectivity index is 1.92. The van der Waals surface area contributed by atoms with Gasteiger partial charge in [0.25, 0.3) is 0 Å². The summed E-state index contributed by atoms with van der Waals surface area (Å²) in [6.45, 7) is 0.226. The van der Waals surface area contributed by atoms with Crippen LogP contribution in [0, 0.1) is 0 Å². The minimum atomic E-state index is -3.54. The van der Waals surface area contributed by atoms with Crippen LogP contribution < -0.4 is 4.84 Å². The third-order valence-corrected chi connectivity index (χ3v) is 5.45. The first kappa shape index (κ1) is 16.7. The molecule has 0 N–H and O–H groups in total. The van der Waals surface area contributed by atoms with Crippen molar-refractivity contribution in [2.24, 2.45) is 0 Å². The predicted molar refractivity (Wildman–Crippen MR) is 90.1 cm³/mol. The summed E-state index contributed by atoms with van der Waals surface area (Å²) in [6.07, 6.45) is 0. The number of hydrogen-bond acceptors (Lipinski definition) is 5. The smallest absolute Gasteiger partial charge is 0.242 e. The van der Waals surface area contributed by atoms with Crippen LogP contribution in [0.1, 0.15) is 5.56 Å². The van der Waals surface area contributed by atoms with Crippen LogP contribution in [0.15, 0.2) is 47.4 Å². The molecule has 126 valence electrons. The molecule has 1 heterocycles. The molecule has 3 rings (SSSR count). The first-order chi connectivity index (χ1) is 11.4. The van der Waals surface area contributed by atoms with Crippen molar-refractivity contribution in [3.63, 3.8) is 0 Å². The van der Waals surface area contributed by atoms with Gasteiger partial charge in [0.2, 0.25) is 10.0 Å². The molecule has 1 aromatic heterocycles. The van der Waals surface area contributed by atoms with Gasteiger partial charge in [-0.3, -0.25) is 0 Å². The van der Waals surface area contributed by atoms with Crippen molar-refractivity contribution in [1.29, 1.82) is 0 Å². The normalized spacial score (nSPS) is 12.0. The highest BCUT2D eigenvalue weighted by molar-refractivity contribution is 7.89. The van der Waals surface area contributed by atoms with Crippen molar-refractivity contribution in [3.8, 4) is 0 Å². The van der Waals surface area contributed by atoms with Crippen molar-refractivity contribution >= 4 is 32.7 Å². The van der Waals surface area contributed by atoms with Crippen molar-refractivity contribution in [1.82, 2.24) is 19.5 Å². The Morgan fingerprint density at radius 1 is 1.21 bits per heavy atom. The van der Waals surface area contributed by atoms with E-state index in [1.807, 2.05) is 12.1 Å². The van der Waals surface area contributed by atoms with E-state index in [9.17, 15) is 8.42 Å². The molecule has 0 aliphatic carbocycles. The molecule has 0 amide bonds. The van der Waals surface area contributed by atoms with Gasteiger partial charge in [-0.15, -0.1) is 5.10 Å². The van der Waals surface area contributed by atoms with E-state index in [0.717, 1.165) is 9.87 Å². The molecule has 0 fully saturated rings. The minimum absolute atomic E-state index is 0.148. The van der Waals surface area contributed by atoms with Crippen LogP contribution in [0.2, 0.25) is 5.02 Å². The maximum Gasteiger partial charge on any atom is 0.242 e. The Labute approximate surface area is 144 Å². The topological polar surface area (TPSA) is 77.3 Å². The second kappa shape index (κ2) is 6.39. The molecule has 0 saturated carbocycles. The number of sulfonamides is 1. The highest BCUT2D eigenvalue weighted by Gasteiger charge is 2.19. The van der Waals surface area contributed by atoms with Crippen LogP contribution >= 0.6 is 11.6 Å². The van der Waals surface area contributed by atoms with Gasteiger partial charge in [-0.25, -0.2) is 12.7 Å². The summed E-state index contributed by atoms with van der Waals surface area (Å²) in [4.78, 5) is 6.97. The Kier molecular flexibility index (Phi) is 4.44. The average molecular weight is 367 g/mol. The van der Waals surface area contributed by atoms with E-state index in [1.165, 1.54) is 31.1 Å². The fraction of sp³-hybridized carbons (Fsp3) is 0.200. The molecular formula is C15H15ClN4O3S. The number of aromatic nitrogens is 3. The SMILES string of the molecule is CN(C)S(=O)(=O)c1ccc2nnn(OCc3cccc(Cl)c3)c2c1. The van der Waals surface area contributed by atoms with E-state index in [4.69, 9.17) is 16.4 Å². The van der Waals surface area contributed by atoms with Gasteiger partial charge >= 0.3 is 0 Å². The number of rotatable bonds is 5. The Bertz CT molecular complexity index is 985. The fourth-order valence-electron chi connectivity index (χ4n) is 2.11. The van der Waals surface area contributed by atoms with E-state index in [0.29, 0.717) is 16.1 Å². The molecule has 7 nitrogen and oxygen atoms in total. The van der Waals surface area contributed by atoms with Crippen molar-refractivity contribution in [3.05, 3.63) is 53.1 Å². The lowest BCUT2D eigenvalue weighted by Gasteiger charge is -2.11. The molecule has 0 bridgehead atoms. The number of benzene rings is 2. The predicted octanol–water partition coefficient (Wildman–Crippen LogP) is 1.96. The summed E-state index contributed by atoms with van der Waals surface area (Å²) in [5.41, 5.74) is 1.88. The molecule has 0 saturated heterocycles. The summed E-state index contributed by atoms with van der Waals surface area (Å²) in [5.74, 6) is 0. The van der Waals surface area contributed by atoms with E-state index in [1.54, 1.807) is 18.2 Å². The third-order valence-electron chi connectivity index (χ3n) is 3.41. The molecule has 0 aliphatic rings. The van der Waals surface area contributed by atoms with E-state index in [2.05, 4.69) is 10.3 Å². The van der Waals surface area contributed by atoms with E-state index in [-0.39, 0.29) is 11.5 Å². The summed E-state index contributed by atoms with van der Waals surface area (Å²) < 4.78 is 25.6. The van der Waals surface area contributed by atoms with Gasteiger partial charge in [0.1, 0.15) is 17.6 Å². The highest BCUT2D eigenvalue weighted by Crippen LogP contribution is 2.19. The number of halogens is 1. The lowest BCUT2D eigenvalue weighted by Crippen LogP contribution is -2.22. The summed E-state index contributed by atoms with van der Waals surface area (Å²) in [5, 5.41) is 8.48. The molecule has 0 spiro atoms. The van der Waals surface area contributed by atoms with Gasteiger partial charge in [0.05, 0.1) is 4.90 Å². The first-order valence-electron chi connectivity index (χ1n) is 7.03. The molecule has 0 atom stereocenters. The van der Waals surface area contributed by atoms with Gasteiger partial charge in [-0.2, -0.15) is 0 Å². The summed E-state index contributed by atoms with van der Waals surface area (Å²) in [6, 6.07) is 11.8. The largest absolute Gasteiger partial charge is 0.390 e. The number of fused-ring (bicyclic) bond motifs is 1. The lowest BCUT2D eigenvalue weighted by molar-refractivity contribution is 0.0751. The zero-order valence-corrected chi connectivity index (χ0v) is 14.6. The van der Waals surface area contributed by atoms with Crippen LogP contribution in [0.4, 0.5) is 0 Å². The molecule has 0 aliphatic heterocycles. The molecular weight excluding hydrogens is 352 g/mol. The molecule has 0 radical (unpaired) electrons. The quantitative estimate of drug-likeness (QED) is 0.689. The monoisotopic (exact) mass is 366 g/mol. The maximum absolute atomic E-state index is 12.2. The van der Waals surface area contributed by atoms with Gasteiger partial charge in [-0.1, -0.05) is 28.6 Å². The molecule has 3 aromatic rings. The number of hydrogen-bond donors (Lipinski definition) is 0. The molecule has 0 unspecified atom stereocenters. The van der Waals surface area contributed by atoms with Gasteiger partial charge < -0.3 is 4.84 Å². The molecule has 2 aromatic carbocycles. The zero-order chi connectivity index (χ0) is 17.3. The maximum atomic E-state index is 12.2. The van der Waals surface area contributed by atoms with Crippen LogP contribution in [0.3, 0.4) is 0 Å². The summed E-state index contributed by atoms with van der Waals surface area (Å²) >= 11 is 5.94. The van der Waals surface area contributed by atoms with Crippen molar-refractivity contribution in [2.45, 2.75) is 11.5 Å². The third kappa shape index (κ3) is 3.21. The molecule has 9 heteroatoms. The lowest BCUT2D eigenvalue weighted by atomic mass is 10.2. The van der Waals surface area contributed by atoms with Gasteiger partial charge in [-0.05, 0) is 41.1 Å². The van der Waals surface area contributed by atoms with Crippen molar-refractivity contribution in [2.75, 3.05) is 14.1 Å². The highest BCUT2D eigenvalue weighted by atomic mass is 35.5. The van der Waals surface area contributed by atoms with E-state index < -0.39 is 10.0 Å². The zero-order valence-electron chi connectivity index (χ0n) is 13.0. The molecule has 24 heavy (non-hydrogen) atoms. The Morgan fingerprint density at radius 2 is 2.00 bits per heavy atom. The number of nitrogens with zero attached hydrogens (tertiary/aromatic N) is 4. The summed E-state index contributed by atoms with van der Waals surface area (Å²) in [7, 11) is -0.590. The Hall–Kier alpha value is -2.16. The second-order valence-electron chi connectivity index (χ2n) is 5.30. The van der Waals surface area contributed by atoms with Crippen LogP contribution in [-0.2, 0) is 16.6 Å². The van der Waals surface area contributed by atoms with Gasteiger partial charge in [0, 0.05) is 19.1 Å². The van der Waals surface area contributed by atoms with E-state index >= 15 is 0 Å². The van der Waals surface area contributed by atoms with Crippen LogP contribution in [0.25, 0.3) is 11.0 Å². The minimum Gasteiger partial charge on any atom is -0.390 e. The van der Waals surface area contributed by atoms with Gasteiger partial charge in [0.15, 0.2) is 0 Å². The van der Waals surface area contributed by atoms with Crippen LogP contribution in [-0.4, -0.2) is 42.0 Å². The second-order valence-corrected chi connectivity index (χ2v) is 7.89. The average Bonchev–Trinajstić information content (AvgIpc) is 2.95. The van der Waals surface area contributed by atoms with Crippen molar-refractivity contribution < 1.29 is 13.3 Å². The first-order valence-corrected chi connectivity index (χ1v) is 8.85. The van der Waals surface area contributed by atoms with Crippen LogP contribution in [0.5, 0.6) is 0 Å². The fourth-order valence-corrected chi connectivity index (χ4v) is 3.24.